The van der Waals surface area contributed by atoms with Crippen LogP contribution in [-0.4, -0.2) is 32.9 Å². The Morgan fingerprint density at radius 2 is 1.37 bits per heavy atom. The fraction of sp³-hybridized carbons (Fsp3) is 0. The first-order chi connectivity index (χ1) is 14.0. The Morgan fingerprint density at radius 3 is 1.83 bits per heavy atom. The number of rotatable bonds is 7. The summed E-state index contributed by atoms with van der Waals surface area (Å²) in [5.41, 5.74) is -0.00564. The molecular formula is C17H13Cl2N3O6S2. The molecule has 0 atom stereocenters. The molecule has 4 N–H and O–H groups in total. The van der Waals surface area contributed by atoms with Gasteiger partial charge in [0, 0.05) is 17.6 Å². The number of carboxylic acid groups (broad SMARTS) is 1. The third kappa shape index (κ3) is 4.70. The number of benzene rings is 2. The van der Waals surface area contributed by atoms with E-state index in [2.05, 4.69) is 14.4 Å². The van der Waals surface area contributed by atoms with Crippen molar-refractivity contribution in [1.82, 2.24) is 4.98 Å². The highest BCUT2D eigenvalue weighted by Gasteiger charge is 2.22. The first-order valence-electron chi connectivity index (χ1n) is 8.01. The minimum atomic E-state index is -4.08. The molecule has 0 aliphatic heterocycles. The molecule has 1 heterocycles. The summed E-state index contributed by atoms with van der Waals surface area (Å²) in [5.74, 6) is -1.30. The van der Waals surface area contributed by atoms with Crippen molar-refractivity contribution in [1.29, 1.82) is 0 Å². The Balaban J connectivity index is 1.78. The average molecular weight is 490 g/mol. The van der Waals surface area contributed by atoms with Crippen LogP contribution in [0.1, 0.15) is 10.5 Å². The van der Waals surface area contributed by atoms with Crippen molar-refractivity contribution in [2.24, 2.45) is 0 Å². The zero-order valence-electron chi connectivity index (χ0n) is 14.8. The van der Waals surface area contributed by atoms with Crippen molar-refractivity contribution in [3.8, 4) is 0 Å². The van der Waals surface area contributed by atoms with Crippen LogP contribution < -0.4 is 9.44 Å². The molecule has 158 valence electrons. The highest BCUT2D eigenvalue weighted by atomic mass is 35.5. The van der Waals surface area contributed by atoms with Crippen LogP contribution in [0.3, 0.4) is 0 Å². The monoisotopic (exact) mass is 489 g/mol. The summed E-state index contributed by atoms with van der Waals surface area (Å²) < 4.78 is 54.4. The number of carboxylic acids is 1. The van der Waals surface area contributed by atoms with E-state index in [0.29, 0.717) is 0 Å². The molecule has 13 heteroatoms. The number of anilines is 2. The Hall–Kier alpha value is -2.73. The number of aromatic amines is 1. The van der Waals surface area contributed by atoms with E-state index in [1.54, 1.807) is 0 Å². The maximum absolute atomic E-state index is 12.6. The zero-order chi connectivity index (χ0) is 22.1. The van der Waals surface area contributed by atoms with E-state index < -0.39 is 26.0 Å². The van der Waals surface area contributed by atoms with Gasteiger partial charge in [-0.3, -0.25) is 9.44 Å². The van der Waals surface area contributed by atoms with Gasteiger partial charge in [-0.2, -0.15) is 0 Å². The molecule has 1 aromatic heterocycles. The lowest BCUT2D eigenvalue weighted by Crippen LogP contribution is -2.14. The fourth-order valence-corrected chi connectivity index (χ4v) is 5.68. The van der Waals surface area contributed by atoms with Crippen LogP contribution in [0.4, 0.5) is 11.4 Å². The van der Waals surface area contributed by atoms with Crippen LogP contribution in [0.5, 0.6) is 0 Å². The molecule has 3 rings (SSSR count). The van der Waals surface area contributed by atoms with E-state index in [9.17, 15) is 21.6 Å². The van der Waals surface area contributed by atoms with Gasteiger partial charge in [0.2, 0.25) is 0 Å². The highest BCUT2D eigenvalue weighted by molar-refractivity contribution is 7.93. The first-order valence-corrected chi connectivity index (χ1v) is 11.7. The Morgan fingerprint density at radius 1 is 0.867 bits per heavy atom. The minimum absolute atomic E-state index is 0.0494. The quantitative estimate of drug-likeness (QED) is 0.398. The molecule has 0 amide bonds. The van der Waals surface area contributed by atoms with E-state index in [1.165, 1.54) is 42.5 Å². The molecule has 0 aliphatic carbocycles. The summed E-state index contributed by atoms with van der Waals surface area (Å²) in [4.78, 5) is 12.7. The molecule has 0 saturated carbocycles. The van der Waals surface area contributed by atoms with Gasteiger partial charge in [0.25, 0.3) is 20.0 Å². The van der Waals surface area contributed by atoms with Crippen molar-refractivity contribution in [3.05, 3.63) is 70.5 Å². The minimum Gasteiger partial charge on any atom is -0.477 e. The second-order valence-corrected chi connectivity index (χ2v) is 10.0. The number of hydrogen-bond acceptors (Lipinski definition) is 5. The lowest BCUT2D eigenvalue weighted by Gasteiger charge is -2.12. The van der Waals surface area contributed by atoms with Crippen LogP contribution in [0.2, 0.25) is 10.0 Å². The predicted octanol–water partition coefficient (Wildman–Crippen LogP) is 3.62. The molecule has 3 aromatic rings. The summed E-state index contributed by atoms with van der Waals surface area (Å²) >= 11 is 11.9. The number of nitrogens with one attached hydrogen (secondary N) is 3. The Labute approximate surface area is 181 Å². The largest absolute Gasteiger partial charge is 0.477 e. The van der Waals surface area contributed by atoms with Gasteiger partial charge >= 0.3 is 5.97 Å². The molecule has 0 radical (unpaired) electrons. The van der Waals surface area contributed by atoms with Crippen molar-refractivity contribution in [2.45, 2.75) is 9.79 Å². The van der Waals surface area contributed by atoms with Crippen molar-refractivity contribution >= 4 is 60.6 Å². The number of carbonyl (C=O) groups is 1. The fourth-order valence-electron chi connectivity index (χ4n) is 2.42. The molecule has 0 fully saturated rings. The molecule has 2 aromatic carbocycles. The van der Waals surface area contributed by atoms with Gasteiger partial charge < -0.3 is 10.1 Å². The van der Waals surface area contributed by atoms with Gasteiger partial charge in [0.1, 0.15) is 15.5 Å². The smallest absolute Gasteiger partial charge is 0.352 e. The van der Waals surface area contributed by atoms with Gasteiger partial charge in [-0.1, -0.05) is 29.3 Å². The molecule has 0 spiro atoms. The molecule has 0 unspecified atom stereocenters. The highest BCUT2D eigenvalue weighted by Crippen LogP contribution is 2.30. The van der Waals surface area contributed by atoms with E-state index >= 15 is 0 Å². The maximum atomic E-state index is 12.6. The molecule has 0 aliphatic rings. The number of halogens is 2. The van der Waals surface area contributed by atoms with Gasteiger partial charge in [-0.15, -0.1) is 0 Å². The summed E-state index contributed by atoms with van der Waals surface area (Å²) in [6.07, 6.45) is 1.04. The van der Waals surface area contributed by atoms with Crippen molar-refractivity contribution < 1.29 is 26.7 Å². The van der Waals surface area contributed by atoms with Crippen LogP contribution in [-0.2, 0) is 20.0 Å². The molecule has 30 heavy (non-hydrogen) atoms. The second-order valence-electron chi connectivity index (χ2n) is 5.89. The topological polar surface area (TPSA) is 145 Å². The number of hydrogen-bond donors (Lipinski definition) is 4. The van der Waals surface area contributed by atoms with Gasteiger partial charge in [0.15, 0.2) is 0 Å². The summed E-state index contributed by atoms with van der Waals surface area (Å²) in [6.45, 7) is 0. The van der Waals surface area contributed by atoms with Crippen LogP contribution in [0, 0.1) is 0 Å². The average Bonchev–Trinajstić information content (AvgIpc) is 3.14. The standard InChI is InChI=1S/C17H13Cl2N3O6S2/c18-13-2-1-3-14(19)16(13)30(27,28)22-11-6-4-10(5-7-11)21-29(25,26)12-8-15(17(23)24)20-9-12/h1-9,20-22H,(H,23,24). The summed E-state index contributed by atoms with van der Waals surface area (Å²) in [7, 11) is -8.13. The van der Waals surface area contributed by atoms with Crippen molar-refractivity contribution in [2.75, 3.05) is 9.44 Å². The van der Waals surface area contributed by atoms with Gasteiger partial charge in [0.05, 0.1) is 10.0 Å². The lowest BCUT2D eigenvalue weighted by atomic mass is 10.3. The van der Waals surface area contributed by atoms with Gasteiger partial charge in [-0.25, -0.2) is 21.6 Å². The predicted molar refractivity (Wildman–Crippen MR) is 112 cm³/mol. The van der Waals surface area contributed by atoms with E-state index in [0.717, 1.165) is 12.3 Å². The van der Waals surface area contributed by atoms with E-state index in [1.807, 2.05) is 0 Å². The first kappa shape index (κ1) is 22.0. The number of sulfonamides is 2. The van der Waals surface area contributed by atoms with Crippen molar-refractivity contribution in [3.63, 3.8) is 0 Å². The molecule has 9 nitrogen and oxygen atoms in total. The van der Waals surface area contributed by atoms with Crippen LogP contribution in [0.15, 0.2) is 64.5 Å². The maximum Gasteiger partial charge on any atom is 0.352 e. The Kier molecular flexibility index (Phi) is 5.99. The van der Waals surface area contributed by atoms with Crippen LogP contribution in [0.25, 0.3) is 0 Å². The summed E-state index contributed by atoms with van der Waals surface area (Å²) in [6, 6.07) is 10.6. The lowest BCUT2D eigenvalue weighted by molar-refractivity contribution is 0.0691. The summed E-state index contributed by atoms with van der Waals surface area (Å²) in [5, 5.41) is 8.78. The third-order valence-corrected chi connectivity index (χ3v) is 7.47. The number of aromatic nitrogens is 1. The van der Waals surface area contributed by atoms with E-state index in [-0.39, 0.29) is 36.9 Å². The van der Waals surface area contributed by atoms with Gasteiger partial charge in [-0.05, 0) is 42.5 Å². The number of aromatic carboxylic acids is 1. The molecule has 0 bridgehead atoms. The SMILES string of the molecule is O=C(O)c1cc(S(=O)(=O)Nc2ccc(NS(=O)(=O)c3c(Cl)cccc3Cl)cc2)c[nH]1. The zero-order valence-corrected chi connectivity index (χ0v) is 17.9. The third-order valence-electron chi connectivity index (χ3n) is 3.77. The Bertz CT molecular complexity index is 1300. The normalized spacial score (nSPS) is 11.8. The number of H-pyrrole nitrogens is 1. The van der Waals surface area contributed by atoms with E-state index in [4.69, 9.17) is 28.3 Å². The molecule has 0 saturated heterocycles. The van der Waals surface area contributed by atoms with Crippen LogP contribution >= 0.6 is 23.2 Å². The molecular weight excluding hydrogens is 477 g/mol. The second kappa shape index (κ2) is 8.19.